The molecule has 1 fully saturated rings. The van der Waals surface area contributed by atoms with Crippen LogP contribution < -0.4 is 10.6 Å². The summed E-state index contributed by atoms with van der Waals surface area (Å²) in [6.45, 7) is 6.38. The first-order valence-electron chi connectivity index (χ1n) is 5.60. The first-order chi connectivity index (χ1) is 7.59. The highest BCUT2D eigenvalue weighted by Gasteiger charge is 2.23. The Labute approximate surface area is 102 Å². The van der Waals surface area contributed by atoms with Crippen molar-refractivity contribution in [3.63, 3.8) is 0 Å². The predicted molar refractivity (Wildman–Crippen MR) is 70.9 cm³/mol. The molecule has 0 bridgehead atoms. The van der Waals surface area contributed by atoms with Crippen LogP contribution >= 0.6 is 12.2 Å². The van der Waals surface area contributed by atoms with Crippen molar-refractivity contribution in [1.29, 1.82) is 0 Å². The lowest BCUT2D eigenvalue weighted by Gasteiger charge is -2.21. The second-order valence-corrected chi connectivity index (χ2v) is 4.97. The highest BCUT2D eigenvalue weighted by molar-refractivity contribution is 7.80. The van der Waals surface area contributed by atoms with Crippen molar-refractivity contribution in [3.8, 4) is 0 Å². The molecule has 0 aliphatic carbocycles. The molecule has 1 aliphatic rings. The summed E-state index contributed by atoms with van der Waals surface area (Å²) in [5.74, 6) is 1.68. The highest BCUT2D eigenvalue weighted by atomic mass is 32.1. The van der Waals surface area contributed by atoms with E-state index < -0.39 is 0 Å². The number of hydrogen-bond donors (Lipinski definition) is 1. The molecule has 0 radical (unpaired) electrons. The van der Waals surface area contributed by atoms with E-state index in [1.54, 1.807) is 0 Å². The van der Waals surface area contributed by atoms with Gasteiger partial charge in [-0.3, -0.25) is 0 Å². The van der Waals surface area contributed by atoms with Gasteiger partial charge in [-0.2, -0.15) is 0 Å². The minimum absolute atomic E-state index is 0.445. The SMILES string of the molecule is Cc1ccnc(N2CCC(C)C2)c1C(N)=S. The van der Waals surface area contributed by atoms with Gasteiger partial charge in [-0.15, -0.1) is 0 Å². The normalized spacial score (nSPS) is 20.1. The molecule has 0 amide bonds. The third-order valence-electron chi connectivity index (χ3n) is 3.11. The zero-order chi connectivity index (χ0) is 11.7. The summed E-state index contributed by atoms with van der Waals surface area (Å²) in [6.07, 6.45) is 3.04. The fraction of sp³-hybridized carbons (Fsp3) is 0.500. The van der Waals surface area contributed by atoms with Gasteiger partial charge in [0.1, 0.15) is 10.8 Å². The zero-order valence-corrected chi connectivity index (χ0v) is 10.5. The van der Waals surface area contributed by atoms with Gasteiger partial charge in [-0.25, -0.2) is 4.98 Å². The van der Waals surface area contributed by atoms with Gasteiger partial charge in [0.25, 0.3) is 0 Å². The Morgan fingerprint density at radius 1 is 1.62 bits per heavy atom. The topological polar surface area (TPSA) is 42.2 Å². The molecule has 86 valence electrons. The van der Waals surface area contributed by atoms with E-state index in [4.69, 9.17) is 18.0 Å². The van der Waals surface area contributed by atoms with Gasteiger partial charge >= 0.3 is 0 Å². The standard InChI is InChI=1S/C12H17N3S/c1-8-4-6-15(7-8)12-10(11(13)16)9(2)3-5-14-12/h3,5,8H,4,6-7H2,1-2H3,(H2,13,16). The van der Waals surface area contributed by atoms with E-state index in [2.05, 4.69) is 16.8 Å². The van der Waals surface area contributed by atoms with Gasteiger partial charge in [0.15, 0.2) is 0 Å². The number of rotatable bonds is 2. The minimum Gasteiger partial charge on any atom is -0.389 e. The maximum absolute atomic E-state index is 5.78. The van der Waals surface area contributed by atoms with Crippen molar-refractivity contribution in [1.82, 2.24) is 4.98 Å². The van der Waals surface area contributed by atoms with Crippen LogP contribution in [0.3, 0.4) is 0 Å². The lowest BCUT2D eigenvalue weighted by atomic mass is 10.1. The maximum Gasteiger partial charge on any atom is 0.139 e. The Balaban J connectivity index is 2.40. The molecule has 0 saturated carbocycles. The lowest BCUT2D eigenvalue weighted by molar-refractivity contribution is 0.659. The quantitative estimate of drug-likeness (QED) is 0.795. The second-order valence-electron chi connectivity index (χ2n) is 4.53. The van der Waals surface area contributed by atoms with E-state index >= 15 is 0 Å². The Bertz CT molecular complexity index is 417. The van der Waals surface area contributed by atoms with Gasteiger partial charge in [-0.05, 0) is 30.9 Å². The Morgan fingerprint density at radius 2 is 2.38 bits per heavy atom. The van der Waals surface area contributed by atoms with E-state index in [1.165, 1.54) is 6.42 Å². The van der Waals surface area contributed by atoms with Crippen LogP contribution in [0.5, 0.6) is 0 Å². The largest absolute Gasteiger partial charge is 0.389 e. The summed E-state index contributed by atoms with van der Waals surface area (Å²) < 4.78 is 0. The molecule has 3 nitrogen and oxygen atoms in total. The summed E-state index contributed by atoms with van der Waals surface area (Å²) in [7, 11) is 0. The number of anilines is 1. The molecule has 1 aliphatic heterocycles. The maximum atomic E-state index is 5.78. The number of aromatic nitrogens is 1. The van der Waals surface area contributed by atoms with Crippen molar-refractivity contribution < 1.29 is 0 Å². The first-order valence-corrected chi connectivity index (χ1v) is 6.00. The number of aryl methyl sites for hydroxylation is 1. The highest BCUT2D eigenvalue weighted by Crippen LogP contribution is 2.26. The van der Waals surface area contributed by atoms with Crippen LogP contribution in [-0.2, 0) is 0 Å². The van der Waals surface area contributed by atoms with Crippen LogP contribution in [0.15, 0.2) is 12.3 Å². The van der Waals surface area contributed by atoms with Gasteiger partial charge in [0.2, 0.25) is 0 Å². The third-order valence-corrected chi connectivity index (χ3v) is 3.31. The molecular weight excluding hydrogens is 218 g/mol. The van der Waals surface area contributed by atoms with Gasteiger partial charge in [0.05, 0.1) is 5.56 Å². The van der Waals surface area contributed by atoms with Crippen LogP contribution in [0, 0.1) is 12.8 Å². The minimum atomic E-state index is 0.445. The van der Waals surface area contributed by atoms with Crippen LogP contribution in [0.2, 0.25) is 0 Å². The van der Waals surface area contributed by atoms with Crippen LogP contribution in [0.25, 0.3) is 0 Å². The average Bonchev–Trinajstić information content (AvgIpc) is 2.63. The predicted octanol–water partition coefficient (Wildman–Crippen LogP) is 1.87. The Kier molecular flexibility index (Phi) is 3.10. The lowest BCUT2D eigenvalue weighted by Crippen LogP contribution is -2.25. The number of thiocarbonyl (C=S) groups is 1. The number of nitrogens with zero attached hydrogens (tertiary/aromatic N) is 2. The second kappa shape index (κ2) is 4.37. The van der Waals surface area contributed by atoms with Crippen molar-refractivity contribution in [2.24, 2.45) is 11.7 Å². The molecule has 2 N–H and O–H groups in total. The summed E-state index contributed by atoms with van der Waals surface area (Å²) >= 11 is 5.11. The summed E-state index contributed by atoms with van der Waals surface area (Å²) in [6, 6.07) is 1.96. The molecule has 2 rings (SSSR count). The summed E-state index contributed by atoms with van der Waals surface area (Å²) in [5, 5.41) is 0. The smallest absolute Gasteiger partial charge is 0.139 e. The first kappa shape index (κ1) is 11.3. The molecule has 1 atom stereocenters. The van der Waals surface area contributed by atoms with Crippen molar-refractivity contribution >= 4 is 23.0 Å². The molecule has 1 aromatic heterocycles. The molecule has 0 aromatic carbocycles. The van der Waals surface area contributed by atoms with E-state index in [-0.39, 0.29) is 0 Å². The molecule has 2 heterocycles. The number of pyridine rings is 1. The van der Waals surface area contributed by atoms with Gasteiger partial charge in [-0.1, -0.05) is 19.1 Å². The average molecular weight is 235 g/mol. The van der Waals surface area contributed by atoms with E-state index in [0.29, 0.717) is 4.99 Å². The van der Waals surface area contributed by atoms with Crippen molar-refractivity contribution in [2.45, 2.75) is 20.3 Å². The number of nitrogens with two attached hydrogens (primary N) is 1. The number of hydrogen-bond acceptors (Lipinski definition) is 3. The van der Waals surface area contributed by atoms with E-state index in [9.17, 15) is 0 Å². The fourth-order valence-corrected chi connectivity index (χ4v) is 2.47. The Morgan fingerprint density at radius 3 is 2.94 bits per heavy atom. The van der Waals surface area contributed by atoms with Crippen LogP contribution in [0.4, 0.5) is 5.82 Å². The molecule has 16 heavy (non-hydrogen) atoms. The monoisotopic (exact) mass is 235 g/mol. The van der Waals surface area contributed by atoms with E-state index in [0.717, 1.165) is 36.0 Å². The van der Waals surface area contributed by atoms with Gasteiger partial charge < -0.3 is 10.6 Å². The fourth-order valence-electron chi connectivity index (χ4n) is 2.22. The van der Waals surface area contributed by atoms with Crippen molar-refractivity contribution in [3.05, 3.63) is 23.4 Å². The van der Waals surface area contributed by atoms with Crippen LogP contribution in [-0.4, -0.2) is 23.1 Å². The Hall–Kier alpha value is -1.16. The zero-order valence-electron chi connectivity index (χ0n) is 9.73. The summed E-state index contributed by atoms with van der Waals surface area (Å²) in [4.78, 5) is 7.16. The van der Waals surface area contributed by atoms with Gasteiger partial charge in [0, 0.05) is 19.3 Å². The van der Waals surface area contributed by atoms with Crippen molar-refractivity contribution in [2.75, 3.05) is 18.0 Å². The molecular formula is C12H17N3S. The molecule has 1 aromatic rings. The van der Waals surface area contributed by atoms with E-state index in [1.807, 2.05) is 19.2 Å². The third kappa shape index (κ3) is 2.02. The molecule has 0 spiro atoms. The molecule has 4 heteroatoms. The van der Waals surface area contributed by atoms with Crippen LogP contribution in [0.1, 0.15) is 24.5 Å². The molecule has 1 unspecified atom stereocenters. The molecule has 1 saturated heterocycles. The summed E-state index contributed by atoms with van der Waals surface area (Å²) in [5.41, 5.74) is 7.83.